The molecule has 2 aromatic heterocycles. The zero-order valence-electron chi connectivity index (χ0n) is 16.9. The molecular weight excluding hydrogens is 402 g/mol. The highest BCUT2D eigenvalue weighted by atomic mass is 19.3. The second kappa shape index (κ2) is 7.53. The molecule has 2 fully saturated rings. The fraction of sp³-hybridized carbons (Fsp3) is 0.348. The van der Waals surface area contributed by atoms with Crippen LogP contribution < -0.4 is 0 Å². The number of nitrogens with zero attached hydrogens (tertiary/aromatic N) is 4. The van der Waals surface area contributed by atoms with Crippen LogP contribution in [-0.2, 0) is 4.74 Å². The van der Waals surface area contributed by atoms with Crippen molar-refractivity contribution in [2.24, 2.45) is 0 Å². The average molecular weight is 424 g/mol. The molecule has 6 nitrogen and oxygen atoms in total. The summed E-state index contributed by atoms with van der Waals surface area (Å²) in [6.07, 6.45) is 3.94. The van der Waals surface area contributed by atoms with Crippen LogP contribution in [0.25, 0.3) is 16.9 Å². The molecule has 0 saturated carbocycles. The Hall–Kier alpha value is -3.13. The van der Waals surface area contributed by atoms with E-state index >= 15 is 0 Å². The van der Waals surface area contributed by atoms with Crippen molar-refractivity contribution < 1.29 is 18.3 Å². The lowest BCUT2D eigenvalue weighted by molar-refractivity contribution is -0.0465. The smallest absolute Gasteiger partial charge is 0.274 e. The Morgan fingerprint density at radius 1 is 1.03 bits per heavy atom. The molecule has 0 bridgehead atoms. The first-order valence-corrected chi connectivity index (χ1v) is 10.3. The van der Waals surface area contributed by atoms with Gasteiger partial charge in [0.1, 0.15) is 6.61 Å². The average Bonchev–Trinajstić information content (AvgIpc) is 3.36. The lowest BCUT2D eigenvalue weighted by Crippen LogP contribution is -2.46. The number of likely N-dealkylation sites (tertiary alicyclic amines) is 1. The minimum absolute atomic E-state index is 0.204. The van der Waals surface area contributed by atoms with E-state index in [2.05, 4.69) is 10.1 Å². The van der Waals surface area contributed by atoms with Crippen molar-refractivity contribution >= 4 is 5.91 Å². The van der Waals surface area contributed by atoms with Crippen molar-refractivity contribution in [2.45, 2.75) is 30.8 Å². The van der Waals surface area contributed by atoms with Gasteiger partial charge in [-0.05, 0) is 43.2 Å². The van der Waals surface area contributed by atoms with Crippen molar-refractivity contribution in [2.75, 3.05) is 19.7 Å². The van der Waals surface area contributed by atoms with E-state index in [-0.39, 0.29) is 12.3 Å². The first-order valence-electron chi connectivity index (χ1n) is 10.3. The Morgan fingerprint density at radius 3 is 2.39 bits per heavy atom. The number of rotatable bonds is 3. The molecule has 31 heavy (non-hydrogen) atoms. The Kier molecular flexibility index (Phi) is 4.81. The summed E-state index contributed by atoms with van der Waals surface area (Å²) in [4.78, 5) is 19.0. The van der Waals surface area contributed by atoms with Gasteiger partial charge in [0, 0.05) is 37.5 Å². The van der Waals surface area contributed by atoms with E-state index in [0.29, 0.717) is 31.6 Å². The number of hydrogen-bond donors (Lipinski definition) is 0. The zero-order valence-corrected chi connectivity index (χ0v) is 16.9. The number of hydrogen-bond acceptors (Lipinski definition) is 4. The maximum absolute atomic E-state index is 13.6. The van der Waals surface area contributed by atoms with Gasteiger partial charge in [-0.1, -0.05) is 18.2 Å². The summed E-state index contributed by atoms with van der Waals surface area (Å²) in [5.74, 6) is -2.98. The third-order valence-corrected chi connectivity index (χ3v) is 6.04. The molecular formula is C23H22F2N4O2. The van der Waals surface area contributed by atoms with Crippen molar-refractivity contribution in [3.8, 4) is 16.9 Å². The topological polar surface area (TPSA) is 60.2 Å². The highest BCUT2D eigenvalue weighted by Crippen LogP contribution is 2.43. The summed E-state index contributed by atoms with van der Waals surface area (Å²) in [6, 6.07) is 15.1. The summed E-state index contributed by atoms with van der Waals surface area (Å²) >= 11 is 0. The van der Waals surface area contributed by atoms with Crippen LogP contribution in [-0.4, -0.2) is 56.8 Å². The van der Waals surface area contributed by atoms with Crippen LogP contribution in [0.1, 0.15) is 29.8 Å². The molecule has 0 N–H and O–H groups in total. The maximum Gasteiger partial charge on any atom is 0.274 e. The number of pyridine rings is 1. The summed E-state index contributed by atoms with van der Waals surface area (Å²) in [6.45, 7) is 0.215. The second-order valence-corrected chi connectivity index (χ2v) is 8.19. The number of piperidine rings is 1. The molecule has 3 aromatic rings. The molecule has 5 rings (SSSR count). The van der Waals surface area contributed by atoms with Crippen LogP contribution in [0.15, 0.2) is 60.9 Å². The van der Waals surface area contributed by atoms with Gasteiger partial charge in [0.25, 0.3) is 11.8 Å². The molecule has 1 aromatic carbocycles. The number of carbonyl (C=O) groups excluding carboxylic acids is 1. The molecule has 4 heterocycles. The van der Waals surface area contributed by atoms with Gasteiger partial charge >= 0.3 is 0 Å². The van der Waals surface area contributed by atoms with Crippen LogP contribution >= 0.6 is 0 Å². The standard InChI is InChI=1S/C23H22F2N4O2/c24-23(25)15-22(31-16-23)8-12-28(13-9-22)21(30)19-14-20(17-6-10-26-11-7-17)29(27-19)18-4-2-1-3-5-18/h1-7,10-11,14H,8-9,12-13,15-16H2. The van der Waals surface area contributed by atoms with Crippen LogP contribution in [0.5, 0.6) is 0 Å². The number of para-hydroxylation sites is 1. The number of aromatic nitrogens is 3. The molecule has 2 saturated heterocycles. The number of halogens is 2. The lowest BCUT2D eigenvalue weighted by Gasteiger charge is -2.38. The normalized spacial score (nSPS) is 19.6. The summed E-state index contributed by atoms with van der Waals surface area (Å²) < 4.78 is 34.5. The van der Waals surface area contributed by atoms with Gasteiger partial charge in [0.2, 0.25) is 0 Å². The summed E-state index contributed by atoms with van der Waals surface area (Å²) in [5, 5.41) is 4.60. The Labute approximate surface area is 178 Å². The second-order valence-electron chi connectivity index (χ2n) is 8.19. The van der Waals surface area contributed by atoms with Crippen LogP contribution in [0.3, 0.4) is 0 Å². The van der Waals surface area contributed by atoms with Gasteiger partial charge in [0.15, 0.2) is 5.69 Å². The van der Waals surface area contributed by atoms with Gasteiger partial charge in [-0.2, -0.15) is 5.10 Å². The van der Waals surface area contributed by atoms with Gasteiger partial charge in [0.05, 0.1) is 17.0 Å². The van der Waals surface area contributed by atoms with Crippen molar-refractivity contribution in [1.29, 1.82) is 0 Å². The van der Waals surface area contributed by atoms with E-state index in [1.807, 2.05) is 42.5 Å². The minimum atomic E-state index is -2.78. The molecule has 0 atom stereocenters. The molecule has 1 amide bonds. The fourth-order valence-electron chi connectivity index (χ4n) is 4.41. The monoisotopic (exact) mass is 424 g/mol. The fourth-order valence-corrected chi connectivity index (χ4v) is 4.41. The lowest BCUT2D eigenvalue weighted by atomic mass is 9.87. The van der Waals surface area contributed by atoms with E-state index in [4.69, 9.17) is 4.74 Å². The van der Waals surface area contributed by atoms with Gasteiger partial charge in [-0.15, -0.1) is 0 Å². The highest BCUT2D eigenvalue weighted by Gasteiger charge is 2.52. The van der Waals surface area contributed by atoms with E-state index in [1.54, 1.807) is 28.0 Å². The third-order valence-electron chi connectivity index (χ3n) is 6.04. The van der Waals surface area contributed by atoms with Gasteiger partial charge in [-0.25, -0.2) is 13.5 Å². The first kappa shape index (κ1) is 19.8. The molecule has 0 aliphatic carbocycles. The zero-order chi connectivity index (χ0) is 21.5. The quantitative estimate of drug-likeness (QED) is 0.639. The molecule has 2 aliphatic rings. The molecule has 1 spiro atoms. The molecule has 160 valence electrons. The predicted molar refractivity (Wildman–Crippen MR) is 110 cm³/mol. The van der Waals surface area contributed by atoms with E-state index in [0.717, 1.165) is 16.9 Å². The van der Waals surface area contributed by atoms with Crippen LogP contribution in [0, 0.1) is 0 Å². The van der Waals surface area contributed by atoms with E-state index < -0.39 is 18.1 Å². The van der Waals surface area contributed by atoms with Gasteiger partial charge in [-0.3, -0.25) is 9.78 Å². The van der Waals surface area contributed by atoms with Crippen LogP contribution in [0.2, 0.25) is 0 Å². The first-order chi connectivity index (χ1) is 14.9. The van der Waals surface area contributed by atoms with Gasteiger partial charge < -0.3 is 9.64 Å². The van der Waals surface area contributed by atoms with E-state index in [1.165, 1.54) is 0 Å². The number of carbonyl (C=O) groups is 1. The SMILES string of the molecule is O=C(c1cc(-c2ccncc2)n(-c2ccccc2)n1)N1CCC2(CC1)CC(F)(F)CO2. The molecule has 8 heteroatoms. The largest absolute Gasteiger partial charge is 0.368 e. The van der Waals surface area contributed by atoms with Crippen molar-refractivity contribution in [1.82, 2.24) is 19.7 Å². The maximum atomic E-state index is 13.6. The van der Waals surface area contributed by atoms with Crippen LogP contribution in [0.4, 0.5) is 8.78 Å². The Balaban J connectivity index is 1.41. The highest BCUT2D eigenvalue weighted by molar-refractivity contribution is 5.93. The molecule has 2 aliphatic heterocycles. The van der Waals surface area contributed by atoms with E-state index in [9.17, 15) is 13.6 Å². The minimum Gasteiger partial charge on any atom is -0.368 e. The summed E-state index contributed by atoms with van der Waals surface area (Å²) in [5.41, 5.74) is 2.02. The number of ether oxygens (including phenoxy) is 1. The molecule has 0 radical (unpaired) electrons. The summed E-state index contributed by atoms with van der Waals surface area (Å²) in [7, 11) is 0. The van der Waals surface area contributed by atoms with Crippen molar-refractivity contribution in [3.63, 3.8) is 0 Å². The molecule has 0 unspecified atom stereocenters. The third kappa shape index (κ3) is 3.83. The number of amides is 1. The Bertz CT molecular complexity index is 1020. The van der Waals surface area contributed by atoms with Crippen molar-refractivity contribution in [3.05, 3.63) is 66.6 Å². The Morgan fingerprint density at radius 2 is 1.74 bits per heavy atom. The predicted octanol–water partition coefficient (Wildman–Crippen LogP) is 3.96. The number of alkyl halides is 2. The number of benzene rings is 1.